The topological polar surface area (TPSA) is 66.7 Å². The molecule has 0 saturated heterocycles. The van der Waals surface area contributed by atoms with Crippen LogP contribution in [0.1, 0.15) is 24.7 Å². The number of hydrogen-bond donors (Lipinski definition) is 3. The fraction of sp³-hybridized carbons (Fsp3) is 0.357. The molecule has 1 atom stereocenters. The summed E-state index contributed by atoms with van der Waals surface area (Å²) in [4.78, 5) is 7.40. The van der Waals surface area contributed by atoms with Crippen molar-refractivity contribution in [2.24, 2.45) is 0 Å². The van der Waals surface area contributed by atoms with E-state index in [1.54, 1.807) is 6.20 Å². The largest absolute Gasteiger partial charge is 0.399 e. The summed E-state index contributed by atoms with van der Waals surface area (Å²) in [6.45, 7) is 4.19. The molecule has 1 aromatic heterocycles. The maximum atomic E-state index is 5.82. The predicted molar refractivity (Wildman–Crippen MR) is 75.6 cm³/mol. The smallest absolute Gasteiger partial charge is 0.108 e. The van der Waals surface area contributed by atoms with Gasteiger partial charge in [-0.15, -0.1) is 0 Å². The zero-order valence-electron chi connectivity index (χ0n) is 10.9. The van der Waals surface area contributed by atoms with Gasteiger partial charge in [0.1, 0.15) is 5.82 Å². The van der Waals surface area contributed by atoms with Crippen LogP contribution in [-0.4, -0.2) is 16.0 Å². The number of rotatable bonds is 5. The van der Waals surface area contributed by atoms with Gasteiger partial charge in [-0.3, -0.25) is 0 Å². The second-order valence-corrected chi connectivity index (χ2v) is 4.56. The number of aromatic amines is 1. The molecule has 2 aromatic rings. The quantitative estimate of drug-likeness (QED) is 0.708. The predicted octanol–water partition coefficient (Wildman–Crippen LogP) is 2.73. The molecule has 0 spiro atoms. The molecular formula is C14H20N4. The van der Waals surface area contributed by atoms with Crippen LogP contribution < -0.4 is 11.1 Å². The van der Waals surface area contributed by atoms with Gasteiger partial charge in [0.15, 0.2) is 0 Å². The highest BCUT2D eigenvalue weighted by Gasteiger charge is 2.09. The molecule has 4 nitrogen and oxygen atoms in total. The fourth-order valence-corrected chi connectivity index (χ4v) is 1.94. The van der Waals surface area contributed by atoms with E-state index in [1.165, 1.54) is 0 Å². The van der Waals surface area contributed by atoms with Gasteiger partial charge in [0, 0.05) is 36.2 Å². The van der Waals surface area contributed by atoms with Crippen LogP contribution in [0.25, 0.3) is 0 Å². The third-order valence-corrected chi connectivity index (χ3v) is 3.13. The van der Waals surface area contributed by atoms with Crippen LogP contribution in [0.5, 0.6) is 0 Å². The Labute approximate surface area is 108 Å². The summed E-state index contributed by atoms with van der Waals surface area (Å²) in [7, 11) is 0. The van der Waals surface area contributed by atoms with E-state index in [2.05, 4.69) is 28.3 Å². The number of aryl methyl sites for hydroxylation is 1. The molecule has 4 N–H and O–H groups in total. The molecule has 1 heterocycles. The first kappa shape index (κ1) is 12.5. The highest BCUT2D eigenvalue weighted by atomic mass is 14.9. The summed E-state index contributed by atoms with van der Waals surface area (Å²) >= 11 is 0. The number of nitrogen functional groups attached to an aromatic ring is 1. The van der Waals surface area contributed by atoms with Crippen LogP contribution in [0.3, 0.4) is 0 Å². The van der Waals surface area contributed by atoms with Gasteiger partial charge in [-0.2, -0.15) is 0 Å². The van der Waals surface area contributed by atoms with Gasteiger partial charge >= 0.3 is 0 Å². The summed E-state index contributed by atoms with van der Waals surface area (Å²) in [5.41, 5.74) is 8.87. The first-order valence-electron chi connectivity index (χ1n) is 6.30. The Bertz CT molecular complexity index is 491. The molecule has 2 rings (SSSR count). The number of nitrogens with zero attached hydrogens (tertiary/aromatic N) is 1. The van der Waals surface area contributed by atoms with E-state index in [4.69, 9.17) is 5.73 Å². The lowest BCUT2D eigenvalue weighted by molar-refractivity contribution is 0.669. The van der Waals surface area contributed by atoms with E-state index < -0.39 is 0 Å². The summed E-state index contributed by atoms with van der Waals surface area (Å²) < 4.78 is 0. The van der Waals surface area contributed by atoms with E-state index in [0.717, 1.165) is 35.6 Å². The molecule has 4 heteroatoms. The first-order valence-corrected chi connectivity index (χ1v) is 6.30. The number of imidazole rings is 1. The average molecular weight is 244 g/mol. The molecule has 0 amide bonds. The van der Waals surface area contributed by atoms with Crippen LogP contribution in [0.4, 0.5) is 11.4 Å². The van der Waals surface area contributed by atoms with Gasteiger partial charge in [0.05, 0.1) is 0 Å². The van der Waals surface area contributed by atoms with Crippen molar-refractivity contribution in [3.63, 3.8) is 0 Å². The van der Waals surface area contributed by atoms with Gasteiger partial charge < -0.3 is 16.0 Å². The minimum atomic E-state index is 0.374. The Balaban J connectivity index is 2.03. The van der Waals surface area contributed by atoms with E-state index in [9.17, 15) is 0 Å². The van der Waals surface area contributed by atoms with Gasteiger partial charge in [-0.1, -0.05) is 6.92 Å². The molecule has 96 valence electrons. The van der Waals surface area contributed by atoms with Crippen molar-refractivity contribution in [3.8, 4) is 0 Å². The van der Waals surface area contributed by atoms with Crippen LogP contribution in [-0.2, 0) is 6.42 Å². The Morgan fingerprint density at radius 2 is 2.28 bits per heavy atom. The highest BCUT2D eigenvalue weighted by Crippen LogP contribution is 2.18. The Hall–Kier alpha value is -1.97. The molecule has 0 aliphatic rings. The standard InChI is InChI=1S/C14H20N4/c1-3-11(9-14-16-6-7-17-14)18-12-4-5-13(15)10(2)8-12/h4-8,11,18H,3,9,15H2,1-2H3,(H,16,17). The lowest BCUT2D eigenvalue weighted by Crippen LogP contribution is -2.22. The van der Waals surface area contributed by atoms with Gasteiger partial charge in [0.2, 0.25) is 0 Å². The zero-order chi connectivity index (χ0) is 13.0. The third kappa shape index (κ3) is 3.03. The Morgan fingerprint density at radius 1 is 1.44 bits per heavy atom. The lowest BCUT2D eigenvalue weighted by atomic mass is 10.1. The SMILES string of the molecule is CCC(Cc1ncc[nH]1)Nc1ccc(N)c(C)c1. The number of nitrogens with two attached hydrogens (primary N) is 1. The molecule has 0 saturated carbocycles. The van der Waals surface area contributed by atoms with Crippen molar-refractivity contribution >= 4 is 11.4 Å². The molecule has 0 aliphatic carbocycles. The van der Waals surface area contributed by atoms with Crippen molar-refractivity contribution in [1.29, 1.82) is 0 Å². The molecular weight excluding hydrogens is 224 g/mol. The van der Waals surface area contributed by atoms with E-state index in [0.29, 0.717) is 6.04 Å². The summed E-state index contributed by atoms with van der Waals surface area (Å²) in [5, 5.41) is 3.52. The summed E-state index contributed by atoms with van der Waals surface area (Å²) in [5.74, 6) is 1.02. The second-order valence-electron chi connectivity index (χ2n) is 4.56. The third-order valence-electron chi connectivity index (χ3n) is 3.13. The van der Waals surface area contributed by atoms with E-state index >= 15 is 0 Å². The summed E-state index contributed by atoms with van der Waals surface area (Å²) in [6.07, 6.45) is 5.59. The fourth-order valence-electron chi connectivity index (χ4n) is 1.94. The van der Waals surface area contributed by atoms with Gasteiger partial charge in [-0.25, -0.2) is 4.98 Å². The molecule has 18 heavy (non-hydrogen) atoms. The van der Waals surface area contributed by atoms with Gasteiger partial charge in [-0.05, 0) is 37.1 Å². The number of hydrogen-bond acceptors (Lipinski definition) is 3. The van der Waals surface area contributed by atoms with Crippen molar-refractivity contribution in [3.05, 3.63) is 42.0 Å². The molecule has 0 fully saturated rings. The molecule has 0 aliphatic heterocycles. The molecule has 0 bridgehead atoms. The van der Waals surface area contributed by atoms with Crippen LogP contribution in [0.15, 0.2) is 30.6 Å². The minimum Gasteiger partial charge on any atom is -0.399 e. The average Bonchev–Trinajstić information content (AvgIpc) is 2.86. The maximum absolute atomic E-state index is 5.82. The van der Waals surface area contributed by atoms with E-state index in [-0.39, 0.29) is 0 Å². The Morgan fingerprint density at radius 3 is 2.89 bits per heavy atom. The van der Waals surface area contributed by atoms with Crippen LogP contribution in [0, 0.1) is 6.92 Å². The van der Waals surface area contributed by atoms with Crippen molar-refractivity contribution in [2.45, 2.75) is 32.7 Å². The number of aromatic nitrogens is 2. The van der Waals surface area contributed by atoms with Crippen molar-refractivity contribution in [1.82, 2.24) is 9.97 Å². The molecule has 1 unspecified atom stereocenters. The molecule has 0 radical (unpaired) electrons. The lowest BCUT2D eigenvalue weighted by Gasteiger charge is -2.18. The van der Waals surface area contributed by atoms with Crippen LogP contribution >= 0.6 is 0 Å². The number of nitrogens with one attached hydrogen (secondary N) is 2. The number of H-pyrrole nitrogens is 1. The number of benzene rings is 1. The molecule has 1 aromatic carbocycles. The van der Waals surface area contributed by atoms with Crippen molar-refractivity contribution < 1.29 is 0 Å². The minimum absolute atomic E-state index is 0.374. The Kier molecular flexibility index (Phi) is 3.87. The van der Waals surface area contributed by atoms with Gasteiger partial charge in [0.25, 0.3) is 0 Å². The first-order chi connectivity index (χ1) is 8.69. The highest BCUT2D eigenvalue weighted by molar-refractivity contribution is 5.57. The second kappa shape index (κ2) is 5.58. The maximum Gasteiger partial charge on any atom is 0.108 e. The van der Waals surface area contributed by atoms with Crippen LogP contribution in [0.2, 0.25) is 0 Å². The monoisotopic (exact) mass is 244 g/mol. The van der Waals surface area contributed by atoms with E-state index in [1.807, 2.05) is 25.3 Å². The van der Waals surface area contributed by atoms with Crippen molar-refractivity contribution in [2.75, 3.05) is 11.1 Å². The normalized spacial score (nSPS) is 12.3. The zero-order valence-corrected chi connectivity index (χ0v) is 10.9. The summed E-state index contributed by atoms with van der Waals surface area (Å²) in [6, 6.07) is 6.42. The number of anilines is 2.